The summed E-state index contributed by atoms with van der Waals surface area (Å²) in [7, 11) is 0. The van der Waals surface area contributed by atoms with Gasteiger partial charge in [-0.05, 0) is 12.2 Å². The summed E-state index contributed by atoms with van der Waals surface area (Å²) in [6.45, 7) is 2.48. The van der Waals surface area contributed by atoms with Gasteiger partial charge in [0, 0.05) is 18.0 Å². The fraction of sp³-hybridized carbons (Fsp3) is 0.375. The van der Waals surface area contributed by atoms with Crippen LogP contribution in [0.5, 0.6) is 0 Å². The zero-order valence-electron chi connectivity index (χ0n) is 6.36. The smallest absolute Gasteiger partial charge is 0.178 e. The molecule has 0 aliphatic carbocycles. The number of dihydropyridines is 1. The molecule has 2 nitrogen and oxygen atoms in total. The van der Waals surface area contributed by atoms with Crippen LogP contribution in [-0.4, -0.2) is 12.3 Å². The Labute approximate surface area is 70.9 Å². The number of rotatable bonds is 2. The molecule has 1 N–H and O–H groups in total. The van der Waals surface area contributed by atoms with Crippen LogP contribution < -0.4 is 5.32 Å². The minimum Gasteiger partial charge on any atom is -0.379 e. The molecule has 0 saturated heterocycles. The summed E-state index contributed by atoms with van der Waals surface area (Å²) in [6, 6.07) is 0. The van der Waals surface area contributed by atoms with Crippen molar-refractivity contribution in [1.29, 1.82) is 0 Å². The van der Waals surface area contributed by atoms with Crippen molar-refractivity contribution < 1.29 is 4.79 Å². The average Bonchev–Trinajstić information content (AvgIpc) is 2.03. The Balaban J connectivity index is 2.73. The number of carbonyl (C=O) groups excluding carboxylic acids is 1. The van der Waals surface area contributed by atoms with E-state index in [-0.39, 0.29) is 5.78 Å². The van der Waals surface area contributed by atoms with Crippen molar-refractivity contribution >= 4 is 17.4 Å². The van der Waals surface area contributed by atoms with Gasteiger partial charge in [-0.2, -0.15) is 0 Å². The molecule has 3 heteroatoms. The van der Waals surface area contributed by atoms with Crippen LogP contribution in [0.1, 0.15) is 13.3 Å². The molecule has 0 amide bonds. The van der Waals surface area contributed by atoms with E-state index in [1.165, 1.54) is 0 Å². The minimum atomic E-state index is 0.108. The number of halogens is 1. The first-order valence-corrected chi connectivity index (χ1v) is 3.96. The second-order valence-electron chi connectivity index (χ2n) is 2.30. The highest BCUT2D eigenvalue weighted by Gasteiger charge is 2.08. The second-order valence-corrected chi connectivity index (χ2v) is 2.74. The predicted octanol–water partition coefficient (Wildman–Crippen LogP) is 1.58. The average molecular weight is 172 g/mol. The van der Waals surface area contributed by atoms with Crippen LogP contribution in [-0.2, 0) is 4.79 Å². The van der Waals surface area contributed by atoms with E-state index in [0.29, 0.717) is 23.7 Å². The lowest BCUT2D eigenvalue weighted by molar-refractivity contribution is -0.115. The van der Waals surface area contributed by atoms with Crippen molar-refractivity contribution in [1.82, 2.24) is 5.32 Å². The molecule has 0 spiro atoms. The molecule has 60 valence electrons. The van der Waals surface area contributed by atoms with Gasteiger partial charge in [0.15, 0.2) is 5.78 Å². The number of allylic oxidation sites excluding steroid dienone is 3. The molecule has 0 bridgehead atoms. The Hall–Kier alpha value is -0.760. The van der Waals surface area contributed by atoms with Crippen molar-refractivity contribution in [2.75, 3.05) is 6.54 Å². The number of ketones is 1. The highest BCUT2D eigenvalue weighted by molar-refractivity contribution is 6.31. The maximum absolute atomic E-state index is 11.1. The van der Waals surface area contributed by atoms with Crippen molar-refractivity contribution in [3.63, 3.8) is 0 Å². The molecule has 0 unspecified atom stereocenters. The Morgan fingerprint density at radius 1 is 1.82 bits per heavy atom. The van der Waals surface area contributed by atoms with Crippen LogP contribution in [0.25, 0.3) is 0 Å². The summed E-state index contributed by atoms with van der Waals surface area (Å²) >= 11 is 5.70. The van der Waals surface area contributed by atoms with E-state index in [0.717, 1.165) is 0 Å². The topological polar surface area (TPSA) is 29.1 Å². The summed E-state index contributed by atoms with van der Waals surface area (Å²) in [6.07, 6.45) is 4.01. The van der Waals surface area contributed by atoms with E-state index in [1.807, 2.05) is 13.0 Å². The highest BCUT2D eigenvalue weighted by Crippen LogP contribution is 2.10. The van der Waals surface area contributed by atoms with E-state index in [9.17, 15) is 4.79 Å². The van der Waals surface area contributed by atoms with Crippen LogP contribution >= 0.6 is 11.6 Å². The lowest BCUT2D eigenvalue weighted by Gasteiger charge is -2.10. The van der Waals surface area contributed by atoms with Crippen molar-refractivity contribution in [2.45, 2.75) is 13.3 Å². The van der Waals surface area contributed by atoms with Gasteiger partial charge in [-0.3, -0.25) is 4.79 Å². The first kappa shape index (κ1) is 8.34. The molecule has 1 aliphatic rings. The molecule has 0 radical (unpaired) electrons. The molecule has 1 rings (SSSR count). The predicted molar refractivity (Wildman–Crippen MR) is 45.3 cm³/mol. The zero-order chi connectivity index (χ0) is 8.27. The molecule has 1 aliphatic heterocycles. The first-order chi connectivity index (χ1) is 5.24. The second kappa shape index (κ2) is 3.58. The molecule has 0 saturated carbocycles. The number of carbonyl (C=O) groups is 1. The van der Waals surface area contributed by atoms with E-state index < -0.39 is 0 Å². The number of Topliss-reactive ketones (excluding diaryl/α,β-unsaturated/α-hetero) is 1. The quantitative estimate of drug-likeness (QED) is 0.684. The summed E-state index contributed by atoms with van der Waals surface area (Å²) in [5, 5.41) is 3.59. The van der Waals surface area contributed by atoms with E-state index in [4.69, 9.17) is 11.6 Å². The molecular weight excluding hydrogens is 162 g/mol. The van der Waals surface area contributed by atoms with E-state index >= 15 is 0 Å². The maximum Gasteiger partial charge on any atom is 0.178 e. The van der Waals surface area contributed by atoms with Gasteiger partial charge in [0.2, 0.25) is 0 Å². The molecule has 0 aromatic heterocycles. The van der Waals surface area contributed by atoms with Crippen LogP contribution in [0.3, 0.4) is 0 Å². The highest BCUT2D eigenvalue weighted by atomic mass is 35.5. The molecular formula is C8H10ClNO. The summed E-state index contributed by atoms with van der Waals surface area (Å²) in [4.78, 5) is 11.1. The SMILES string of the molecule is CCC(=O)C1=CC(Cl)=CCN1. The monoisotopic (exact) mass is 171 g/mol. The largest absolute Gasteiger partial charge is 0.379 e. The third-order valence-electron chi connectivity index (χ3n) is 1.49. The Bertz CT molecular complexity index is 230. The third-order valence-corrected chi connectivity index (χ3v) is 1.76. The van der Waals surface area contributed by atoms with Crippen molar-refractivity contribution in [2.24, 2.45) is 0 Å². The van der Waals surface area contributed by atoms with Gasteiger partial charge in [0.05, 0.1) is 5.70 Å². The Morgan fingerprint density at radius 2 is 2.55 bits per heavy atom. The lowest BCUT2D eigenvalue weighted by Crippen LogP contribution is -2.22. The molecule has 1 heterocycles. The van der Waals surface area contributed by atoms with E-state index in [2.05, 4.69) is 5.32 Å². The molecule has 11 heavy (non-hydrogen) atoms. The lowest BCUT2D eigenvalue weighted by atomic mass is 10.2. The van der Waals surface area contributed by atoms with Crippen LogP contribution in [0.4, 0.5) is 0 Å². The van der Waals surface area contributed by atoms with Crippen LogP contribution in [0.2, 0.25) is 0 Å². The minimum absolute atomic E-state index is 0.108. The van der Waals surface area contributed by atoms with Crippen molar-refractivity contribution in [3.8, 4) is 0 Å². The van der Waals surface area contributed by atoms with Crippen LogP contribution in [0, 0.1) is 0 Å². The van der Waals surface area contributed by atoms with Crippen LogP contribution in [0.15, 0.2) is 22.9 Å². The fourth-order valence-corrected chi connectivity index (χ4v) is 1.06. The van der Waals surface area contributed by atoms with Gasteiger partial charge in [-0.1, -0.05) is 18.5 Å². The number of hydrogen-bond donors (Lipinski definition) is 1. The van der Waals surface area contributed by atoms with Crippen molar-refractivity contribution in [3.05, 3.63) is 22.9 Å². The van der Waals surface area contributed by atoms with Gasteiger partial charge in [-0.25, -0.2) is 0 Å². The summed E-state index contributed by atoms with van der Waals surface area (Å²) in [5.41, 5.74) is 0.625. The number of hydrogen-bond acceptors (Lipinski definition) is 2. The maximum atomic E-state index is 11.1. The van der Waals surface area contributed by atoms with Gasteiger partial charge < -0.3 is 5.32 Å². The Morgan fingerprint density at radius 3 is 3.09 bits per heavy atom. The third kappa shape index (κ3) is 2.09. The first-order valence-electron chi connectivity index (χ1n) is 3.58. The zero-order valence-corrected chi connectivity index (χ0v) is 7.11. The molecule has 0 aromatic carbocycles. The molecule has 0 aromatic rings. The number of nitrogens with one attached hydrogen (secondary N) is 1. The molecule has 0 atom stereocenters. The summed E-state index contributed by atoms with van der Waals surface area (Å²) in [5.74, 6) is 0.108. The normalized spacial score (nSPS) is 16.5. The fourth-order valence-electron chi connectivity index (χ4n) is 0.876. The standard InChI is InChI=1S/C8H10ClNO/c1-2-8(11)7-5-6(9)3-4-10-7/h3,5,10H,2,4H2,1H3. The van der Waals surface area contributed by atoms with Gasteiger partial charge >= 0.3 is 0 Å². The summed E-state index contributed by atoms with van der Waals surface area (Å²) < 4.78 is 0. The van der Waals surface area contributed by atoms with Gasteiger partial charge in [-0.15, -0.1) is 0 Å². The van der Waals surface area contributed by atoms with Gasteiger partial charge in [0.1, 0.15) is 0 Å². The van der Waals surface area contributed by atoms with E-state index in [1.54, 1.807) is 6.08 Å². The Kier molecular flexibility index (Phi) is 2.71. The van der Waals surface area contributed by atoms with Gasteiger partial charge in [0.25, 0.3) is 0 Å². The molecule has 0 fully saturated rings.